The van der Waals surface area contributed by atoms with Gasteiger partial charge in [-0.15, -0.1) is 0 Å². The van der Waals surface area contributed by atoms with Gasteiger partial charge in [-0.1, -0.05) is 0 Å². The molecule has 0 aliphatic carbocycles. The SMILES string of the molecule is Cn1ccnc1CN1CCOCC2(C1)CN(c1ccc(F)cc1)C(=O)CO2. The van der Waals surface area contributed by atoms with E-state index in [1.807, 2.05) is 17.8 Å². The van der Waals surface area contributed by atoms with Crippen LogP contribution in [-0.2, 0) is 27.9 Å². The Morgan fingerprint density at radius 2 is 2.07 bits per heavy atom. The number of hydrogen-bond acceptors (Lipinski definition) is 5. The van der Waals surface area contributed by atoms with Gasteiger partial charge in [0.15, 0.2) is 0 Å². The number of rotatable bonds is 3. The number of ether oxygens (including phenoxy) is 2. The Bertz CT molecular complexity index is 810. The van der Waals surface area contributed by atoms with Crippen LogP contribution in [0.5, 0.6) is 0 Å². The van der Waals surface area contributed by atoms with Crippen molar-refractivity contribution in [2.24, 2.45) is 7.05 Å². The van der Waals surface area contributed by atoms with E-state index in [-0.39, 0.29) is 18.3 Å². The third-order valence-corrected chi connectivity index (χ3v) is 5.10. The first-order chi connectivity index (χ1) is 13.0. The van der Waals surface area contributed by atoms with Crippen molar-refractivity contribution in [3.63, 3.8) is 0 Å². The number of hydrogen-bond donors (Lipinski definition) is 0. The summed E-state index contributed by atoms with van der Waals surface area (Å²) < 4.78 is 27.1. The van der Waals surface area contributed by atoms with Crippen LogP contribution in [0, 0.1) is 5.82 Å². The highest BCUT2D eigenvalue weighted by molar-refractivity contribution is 5.95. The number of benzene rings is 1. The summed E-state index contributed by atoms with van der Waals surface area (Å²) in [5, 5.41) is 0. The van der Waals surface area contributed by atoms with Gasteiger partial charge in [-0.25, -0.2) is 9.37 Å². The van der Waals surface area contributed by atoms with Crippen LogP contribution in [0.2, 0.25) is 0 Å². The van der Waals surface area contributed by atoms with Gasteiger partial charge in [-0.3, -0.25) is 9.69 Å². The molecule has 2 aliphatic rings. The van der Waals surface area contributed by atoms with Crippen LogP contribution in [0.1, 0.15) is 5.82 Å². The Balaban J connectivity index is 1.54. The van der Waals surface area contributed by atoms with Crippen molar-refractivity contribution in [3.8, 4) is 0 Å². The van der Waals surface area contributed by atoms with Crippen molar-refractivity contribution in [2.75, 3.05) is 44.4 Å². The molecule has 2 fully saturated rings. The first kappa shape index (κ1) is 18.1. The van der Waals surface area contributed by atoms with E-state index in [0.29, 0.717) is 38.5 Å². The van der Waals surface area contributed by atoms with Crippen LogP contribution in [0.4, 0.5) is 10.1 Å². The fourth-order valence-corrected chi connectivity index (χ4v) is 3.62. The zero-order valence-electron chi connectivity index (χ0n) is 15.3. The van der Waals surface area contributed by atoms with E-state index in [2.05, 4.69) is 9.88 Å². The lowest BCUT2D eigenvalue weighted by Crippen LogP contribution is -2.60. The molecule has 144 valence electrons. The largest absolute Gasteiger partial charge is 0.377 e. The molecule has 0 N–H and O–H groups in total. The molecule has 1 aromatic heterocycles. The normalized spacial score (nSPS) is 24.4. The number of amides is 1. The van der Waals surface area contributed by atoms with Gasteiger partial charge in [-0.2, -0.15) is 0 Å². The van der Waals surface area contributed by atoms with Gasteiger partial charge in [-0.05, 0) is 24.3 Å². The van der Waals surface area contributed by atoms with Gasteiger partial charge in [0.2, 0.25) is 0 Å². The molecule has 0 bridgehead atoms. The van der Waals surface area contributed by atoms with Gasteiger partial charge < -0.3 is 18.9 Å². The molecule has 2 aromatic rings. The summed E-state index contributed by atoms with van der Waals surface area (Å²) in [6, 6.07) is 5.97. The van der Waals surface area contributed by atoms with Gasteiger partial charge in [0.25, 0.3) is 5.91 Å². The molecule has 1 unspecified atom stereocenters. The van der Waals surface area contributed by atoms with E-state index < -0.39 is 5.60 Å². The van der Waals surface area contributed by atoms with E-state index in [1.54, 1.807) is 23.2 Å². The summed E-state index contributed by atoms with van der Waals surface area (Å²) in [5.41, 5.74) is 0.0493. The summed E-state index contributed by atoms with van der Waals surface area (Å²) in [4.78, 5) is 20.7. The Morgan fingerprint density at radius 3 is 2.81 bits per heavy atom. The molecule has 3 heterocycles. The summed E-state index contributed by atoms with van der Waals surface area (Å²) >= 11 is 0. The number of halogens is 1. The predicted molar refractivity (Wildman–Crippen MR) is 96.7 cm³/mol. The van der Waals surface area contributed by atoms with Crippen LogP contribution < -0.4 is 4.90 Å². The van der Waals surface area contributed by atoms with Gasteiger partial charge in [0.05, 0.1) is 26.3 Å². The van der Waals surface area contributed by atoms with E-state index >= 15 is 0 Å². The van der Waals surface area contributed by atoms with Crippen LogP contribution in [0.15, 0.2) is 36.7 Å². The molecule has 7 nitrogen and oxygen atoms in total. The Hall–Kier alpha value is -2.29. The fraction of sp³-hybridized carbons (Fsp3) is 0.474. The average molecular weight is 374 g/mol. The van der Waals surface area contributed by atoms with Crippen molar-refractivity contribution in [3.05, 3.63) is 48.3 Å². The molecule has 0 saturated carbocycles. The third kappa shape index (κ3) is 3.87. The molecule has 1 atom stereocenters. The number of carbonyl (C=O) groups is 1. The van der Waals surface area contributed by atoms with Crippen LogP contribution in [0.25, 0.3) is 0 Å². The number of aryl methyl sites for hydroxylation is 1. The predicted octanol–water partition coefficient (Wildman–Crippen LogP) is 1.19. The Kier molecular flexibility index (Phi) is 4.94. The molecule has 27 heavy (non-hydrogen) atoms. The van der Waals surface area contributed by atoms with Crippen LogP contribution in [-0.4, -0.2) is 65.4 Å². The van der Waals surface area contributed by atoms with Crippen molar-refractivity contribution in [1.29, 1.82) is 0 Å². The topological polar surface area (TPSA) is 59.8 Å². The molecule has 8 heteroatoms. The number of nitrogens with zero attached hydrogens (tertiary/aromatic N) is 4. The highest BCUT2D eigenvalue weighted by Crippen LogP contribution is 2.27. The number of imidazole rings is 1. The summed E-state index contributed by atoms with van der Waals surface area (Å²) in [5.74, 6) is 0.509. The number of aromatic nitrogens is 2. The molecule has 1 amide bonds. The minimum atomic E-state index is -0.621. The second-order valence-electron chi connectivity index (χ2n) is 7.15. The smallest absolute Gasteiger partial charge is 0.253 e. The molecular formula is C19H23FN4O3. The molecule has 4 rings (SSSR count). The highest BCUT2D eigenvalue weighted by Gasteiger charge is 2.43. The first-order valence-electron chi connectivity index (χ1n) is 9.01. The molecule has 0 radical (unpaired) electrons. The second-order valence-corrected chi connectivity index (χ2v) is 7.15. The molecular weight excluding hydrogens is 351 g/mol. The quantitative estimate of drug-likeness (QED) is 0.808. The Labute approximate surface area is 157 Å². The van der Waals surface area contributed by atoms with E-state index in [9.17, 15) is 9.18 Å². The van der Waals surface area contributed by atoms with Crippen molar-refractivity contribution < 1.29 is 18.7 Å². The van der Waals surface area contributed by atoms with Crippen molar-refractivity contribution >= 4 is 11.6 Å². The third-order valence-electron chi connectivity index (χ3n) is 5.10. The van der Waals surface area contributed by atoms with Gasteiger partial charge >= 0.3 is 0 Å². The fourth-order valence-electron chi connectivity index (χ4n) is 3.62. The molecule has 2 saturated heterocycles. The summed E-state index contributed by atoms with van der Waals surface area (Å²) in [6.07, 6.45) is 3.71. The van der Waals surface area contributed by atoms with Gasteiger partial charge in [0.1, 0.15) is 23.8 Å². The highest BCUT2D eigenvalue weighted by atomic mass is 19.1. The lowest BCUT2D eigenvalue weighted by Gasteiger charge is -2.43. The number of carbonyl (C=O) groups excluding carboxylic acids is 1. The standard InChI is InChI=1S/C19H23FN4O3/c1-22-7-6-21-17(22)10-23-8-9-26-14-19(12-23)13-24(18(25)11-27-19)16-4-2-15(20)3-5-16/h2-7H,8-14H2,1H3. The maximum atomic E-state index is 13.3. The molecule has 1 spiro atoms. The Morgan fingerprint density at radius 1 is 1.26 bits per heavy atom. The van der Waals surface area contributed by atoms with Crippen molar-refractivity contribution in [1.82, 2.24) is 14.5 Å². The van der Waals surface area contributed by atoms with E-state index in [1.165, 1.54) is 12.1 Å². The zero-order chi connectivity index (χ0) is 18.9. The molecule has 1 aromatic carbocycles. The number of morpholine rings is 1. The first-order valence-corrected chi connectivity index (χ1v) is 9.01. The van der Waals surface area contributed by atoms with E-state index in [4.69, 9.17) is 9.47 Å². The maximum absolute atomic E-state index is 13.3. The summed E-state index contributed by atoms with van der Waals surface area (Å²) in [7, 11) is 1.97. The van der Waals surface area contributed by atoms with Crippen molar-refractivity contribution in [2.45, 2.75) is 12.1 Å². The minimum absolute atomic E-state index is 0.0169. The summed E-state index contributed by atoms with van der Waals surface area (Å²) in [6.45, 7) is 3.44. The molecule has 2 aliphatic heterocycles. The van der Waals surface area contributed by atoms with Crippen LogP contribution >= 0.6 is 0 Å². The maximum Gasteiger partial charge on any atom is 0.253 e. The van der Waals surface area contributed by atoms with E-state index in [0.717, 1.165) is 12.4 Å². The van der Waals surface area contributed by atoms with Crippen LogP contribution in [0.3, 0.4) is 0 Å². The lowest BCUT2D eigenvalue weighted by molar-refractivity contribution is -0.146. The minimum Gasteiger partial charge on any atom is -0.377 e. The second kappa shape index (κ2) is 7.38. The monoisotopic (exact) mass is 374 g/mol. The zero-order valence-corrected chi connectivity index (χ0v) is 15.3. The lowest BCUT2D eigenvalue weighted by atomic mass is 10.0. The number of anilines is 1. The average Bonchev–Trinajstić information content (AvgIpc) is 2.95. The van der Waals surface area contributed by atoms with Gasteiger partial charge in [0, 0.05) is 38.2 Å².